The molecule has 5 heteroatoms. The van der Waals surface area contributed by atoms with Crippen molar-refractivity contribution in [3.05, 3.63) is 87.7 Å². The van der Waals surface area contributed by atoms with E-state index in [1.165, 1.54) is 0 Å². The van der Waals surface area contributed by atoms with Crippen molar-refractivity contribution in [1.82, 2.24) is 5.32 Å². The van der Waals surface area contributed by atoms with Gasteiger partial charge in [0.25, 0.3) is 5.91 Å². The van der Waals surface area contributed by atoms with E-state index in [1.807, 2.05) is 56.3 Å². The van der Waals surface area contributed by atoms with E-state index in [1.54, 1.807) is 12.1 Å². The molecular formula is C21H18ClN3O. The Morgan fingerprint density at radius 3 is 2.35 bits per heavy atom. The second-order valence-corrected chi connectivity index (χ2v) is 6.56. The van der Waals surface area contributed by atoms with Crippen LogP contribution in [0.2, 0.25) is 5.02 Å². The molecule has 2 aromatic rings. The number of allylic oxidation sites excluding steroid dienone is 3. The molecule has 2 N–H and O–H groups in total. The van der Waals surface area contributed by atoms with E-state index in [2.05, 4.69) is 16.7 Å². The van der Waals surface area contributed by atoms with Crippen LogP contribution in [0.4, 0.5) is 5.69 Å². The fourth-order valence-corrected chi connectivity index (χ4v) is 3.28. The molecule has 3 rings (SSSR count). The van der Waals surface area contributed by atoms with E-state index in [4.69, 9.17) is 11.6 Å². The Balaban J connectivity index is 2.05. The molecule has 1 aliphatic rings. The number of rotatable bonds is 3. The summed E-state index contributed by atoms with van der Waals surface area (Å²) in [4.78, 5) is 13.0. The van der Waals surface area contributed by atoms with E-state index in [9.17, 15) is 10.1 Å². The highest BCUT2D eigenvalue weighted by Crippen LogP contribution is 2.38. The highest BCUT2D eigenvalue weighted by molar-refractivity contribution is 6.30. The highest BCUT2D eigenvalue weighted by atomic mass is 35.5. The van der Waals surface area contributed by atoms with E-state index in [0.29, 0.717) is 21.9 Å². The van der Waals surface area contributed by atoms with Gasteiger partial charge in [-0.1, -0.05) is 41.9 Å². The van der Waals surface area contributed by atoms with Gasteiger partial charge in [0, 0.05) is 27.7 Å². The number of nitrogens with zero attached hydrogens (tertiary/aromatic N) is 1. The minimum Gasteiger partial charge on any atom is -0.361 e. The fraction of sp³-hybridized carbons (Fsp3) is 0.143. The van der Waals surface area contributed by atoms with Crippen LogP contribution < -0.4 is 10.6 Å². The molecule has 0 fully saturated rings. The highest BCUT2D eigenvalue weighted by Gasteiger charge is 2.33. The fourth-order valence-electron chi connectivity index (χ4n) is 3.15. The van der Waals surface area contributed by atoms with Crippen LogP contribution in [0.1, 0.15) is 25.3 Å². The minimum absolute atomic E-state index is 0.235. The minimum atomic E-state index is -0.442. The van der Waals surface area contributed by atoms with Gasteiger partial charge < -0.3 is 10.6 Å². The number of para-hydroxylation sites is 1. The van der Waals surface area contributed by atoms with Crippen LogP contribution in [-0.4, -0.2) is 5.91 Å². The summed E-state index contributed by atoms with van der Waals surface area (Å²) in [5.41, 5.74) is 4.09. The van der Waals surface area contributed by atoms with Crippen molar-refractivity contribution < 1.29 is 4.79 Å². The standard InChI is InChI=1S/C21H18ClN3O/c1-13-18(12-23)20(15-8-10-16(22)11-9-15)19(14(2)24-13)21(26)25-17-6-4-3-5-7-17/h3-11,20,24H,1-2H3,(H,25,26). The lowest BCUT2D eigenvalue weighted by molar-refractivity contribution is -0.113. The Bertz CT molecular complexity index is 937. The van der Waals surface area contributed by atoms with Crippen molar-refractivity contribution in [2.45, 2.75) is 19.8 Å². The van der Waals surface area contributed by atoms with Crippen molar-refractivity contribution in [3.8, 4) is 6.07 Å². The van der Waals surface area contributed by atoms with E-state index in [0.717, 1.165) is 17.0 Å². The van der Waals surface area contributed by atoms with Gasteiger partial charge >= 0.3 is 0 Å². The molecule has 130 valence electrons. The topological polar surface area (TPSA) is 64.9 Å². The van der Waals surface area contributed by atoms with Crippen molar-refractivity contribution in [2.24, 2.45) is 0 Å². The Morgan fingerprint density at radius 2 is 1.73 bits per heavy atom. The van der Waals surface area contributed by atoms with Crippen molar-refractivity contribution in [1.29, 1.82) is 5.26 Å². The lowest BCUT2D eigenvalue weighted by Crippen LogP contribution is -2.30. The number of nitriles is 1. The second kappa shape index (κ2) is 7.47. The van der Waals surface area contributed by atoms with Gasteiger partial charge in [-0.3, -0.25) is 4.79 Å². The molecule has 26 heavy (non-hydrogen) atoms. The number of amides is 1. The smallest absolute Gasteiger partial charge is 0.254 e. The van der Waals surface area contributed by atoms with E-state index in [-0.39, 0.29) is 5.91 Å². The molecule has 4 nitrogen and oxygen atoms in total. The van der Waals surface area contributed by atoms with Gasteiger partial charge in [0.1, 0.15) is 0 Å². The quantitative estimate of drug-likeness (QED) is 0.828. The van der Waals surface area contributed by atoms with Crippen LogP contribution in [-0.2, 0) is 4.79 Å². The number of hydrogen-bond acceptors (Lipinski definition) is 3. The van der Waals surface area contributed by atoms with Crippen LogP contribution in [0.25, 0.3) is 0 Å². The Morgan fingerprint density at radius 1 is 1.08 bits per heavy atom. The van der Waals surface area contributed by atoms with Crippen LogP contribution in [0, 0.1) is 11.3 Å². The van der Waals surface area contributed by atoms with Gasteiger partial charge in [0.2, 0.25) is 0 Å². The summed E-state index contributed by atoms with van der Waals surface area (Å²) in [6.07, 6.45) is 0. The maximum absolute atomic E-state index is 13.0. The lowest BCUT2D eigenvalue weighted by atomic mass is 9.80. The van der Waals surface area contributed by atoms with E-state index >= 15 is 0 Å². The molecule has 0 spiro atoms. The summed E-state index contributed by atoms with van der Waals surface area (Å²) in [7, 11) is 0. The zero-order valence-corrected chi connectivity index (χ0v) is 15.3. The van der Waals surface area contributed by atoms with Gasteiger partial charge in [0.05, 0.1) is 17.6 Å². The first-order valence-corrected chi connectivity index (χ1v) is 8.59. The first-order valence-electron chi connectivity index (χ1n) is 8.21. The van der Waals surface area contributed by atoms with Crippen LogP contribution in [0.3, 0.4) is 0 Å². The third-order valence-electron chi connectivity index (χ3n) is 4.36. The zero-order valence-electron chi connectivity index (χ0n) is 14.5. The molecule has 0 bridgehead atoms. The summed E-state index contributed by atoms with van der Waals surface area (Å²) in [5, 5.41) is 16.4. The number of halogens is 1. The largest absolute Gasteiger partial charge is 0.361 e. The van der Waals surface area contributed by atoms with Crippen molar-refractivity contribution in [2.75, 3.05) is 5.32 Å². The molecule has 0 aromatic heterocycles. The van der Waals surface area contributed by atoms with Crippen LogP contribution >= 0.6 is 11.6 Å². The van der Waals surface area contributed by atoms with Crippen molar-refractivity contribution in [3.63, 3.8) is 0 Å². The maximum Gasteiger partial charge on any atom is 0.254 e. The number of hydrogen-bond donors (Lipinski definition) is 2. The first-order chi connectivity index (χ1) is 12.5. The SMILES string of the molecule is CC1=C(C#N)C(c2ccc(Cl)cc2)C(C(=O)Nc2ccccc2)=C(C)N1. The average Bonchev–Trinajstić information content (AvgIpc) is 2.62. The second-order valence-electron chi connectivity index (χ2n) is 6.12. The van der Waals surface area contributed by atoms with Crippen LogP contribution in [0.15, 0.2) is 77.1 Å². The summed E-state index contributed by atoms with van der Waals surface area (Å²) in [5.74, 6) is -0.677. The Labute approximate surface area is 157 Å². The Hall–Kier alpha value is -3.03. The number of carbonyl (C=O) groups is 1. The van der Waals surface area contributed by atoms with E-state index < -0.39 is 5.92 Å². The number of dihydropyridines is 1. The summed E-state index contributed by atoms with van der Waals surface area (Å²) < 4.78 is 0. The third kappa shape index (κ3) is 3.49. The molecule has 1 amide bonds. The van der Waals surface area contributed by atoms with Gasteiger partial charge in [-0.2, -0.15) is 5.26 Å². The Kier molecular flexibility index (Phi) is 5.11. The normalized spacial score (nSPS) is 16.8. The molecule has 0 aliphatic carbocycles. The molecule has 0 saturated carbocycles. The predicted molar refractivity (Wildman–Crippen MR) is 103 cm³/mol. The summed E-state index contributed by atoms with van der Waals surface area (Å²) >= 11 is 6.00. The molecule has 0 radical (unpaired) electrons. The predicted octanol–water partition coefficient (Wildman–Crippen LogP) is 4.74. The molecule has 2 aromatic carbocycles. The lowest BCUT2D eigenvalue weighted by Gasteiger charge is -2.29. The van der Waals surface area contributed by atoms with Gasteiger partial charge in [-0.05, 0) is 43.7 Å². The molecular weight excluding hydrogens is 346 g/mol. The van der Waals surface area contributed by atoms with Crippen LogP contribution in [0.5, 0.6) is 0 Å². The monoisotopic (exact) mass is 363 g/mol. The molecule has 1 unspecified atom stereocenters. The summed E-state index contributed by atoms with van der Waals surface area (Å²) in [6, 6.07) is 18.8. The number of carbonyl (C=O) groups excluding carboxylic acids is 1. The third-order valence-corrected chi connectivity index (χ3v) is 4.61. The van der Waals surface area contributed by atoms with Crippen molar-refractivity contribution >= 4 is 23.2 Å². The molecule has 0 saturated heterocycles. The average molecular weight is 364 g/mol. The van der Waals surface area contributed by atoms with Gasteiger partial charge in [-0.15, -0.1) is 0 Å². The van der Waals surface area contributed by atoms with Gasteiger partial charge in [-0.25, -0.2) is 0 Å². The molecule has 1 heterocycles. The molecule has 1 atom stereocenters. The zero-order chi connectivity index (χ0) is 18.7. The molecule has 1 aliphatic heterocycles. The first kappa shape index (κ1) is 17.8. The number of benzene rings is 2. The number of anilines is 1. The maximum atomic E-state index is 13.0. The number of nitrogens with one attached hydrogen (secondary N) is 2. The van der Waals surface area contributed by atoms with Gasteiger partial charge in [0.15, 0.2) is 0 Å². The summed E-state index contributed by atoms with van der Waals surface area (Å²) in [6.45, 7) is 3.69.